The van der Waals surface area contributed by atoms with E-state index in [9.17, 15) is 9.59 Å². The first-order valence-corrected chi connectivity index (χ1v) is 6.01. The maximum absolute atomic E-state index is 11.8. The summed E-state index contributed by atoms with van der Waals surface area (Å²) in [7, 11) is 0. The monoisotopic (exact) mass is 262 g/mol. The number of aryl methyl sites for hydroxylation is 1. The Bertz CT molecular complexity index is 472. The molecule has 0 aromatic heterocycles. The Morgan fingerprint density at radius 1 is 1.42 bits per heavy atom. The molecule has 19 heavy (non-hydrogen) atoms. The molecule has 0 aliphatic heterocycles. The molecule has 1 atom stereocenters. The first-order valence-electron chi connectivity index (χ1n) is 6.01. The molecule has 0 spiro atoms. The van der Waals surface area contributed by atoms with Crippen LogP contribution < -0.4 is 11.1 Å². The molecule has 1 amide bonds. The highest BCUT2D eigenvalue weighted by atomic mass is 16.4. The number of benzene rings is 1. The lowest BCUT2D eigenvalue weighted by molar-refractivity contribution is -0.136. The van der Waals surface area contributed by atoms with E-state index in [0.717, 1.165) is 5.56 Å². The van der Waals surface area contributed by atoms with Crippen LogP contribution in [0.25, 0.3) is 0 Å². The number of carboxylic acid groups (broad SMARTS) is 1. The summed E-state index contributed by atoms with van der Waals surface area (Å²) < 4.78 is 0. The van der Waals surface area contributed by atoms with Crippen molar-refractivity contribution in [2.24, 2.45) is 5.73 Å². The molecule has 4 N–H and O–H groups in total. The standard InChI is InChI=1S/C14H18N2O3/c1-2-5-11(15)14(19)16-12-7-4-3-6-10(12)8-9-13(17)18/h2-4,6-7,11H,1,5,8-9,15H2,(H,16,19)(H,17,18). The molecule has 0 aliphatic rings. The zero-order chi connectivity index (χ0) is 14.3. The second kappa shape index (κ2) is 7.33. The van der Waals surface area contributed by atoms with Crippen molar-refractivity contribution in [1.29, 1.82) is 0 Å². The van der Waals surface area contributed by atoms with E-state index in [1.54, 1.807) is 30.3 Å². The number of amides is 1. The Hall–Kier alpha value is -2.14. The third-order valence-corrected chi connectivity index (χ3v) is 2.64. The van der Waals surface area contributed by atoms with Gasteiger partial charge in [0.2, 0.25) is 5.91 Å². The molecule has 1 aromatic rings. The number of carboxylic acids is 1. The molecule has 0 aliphatic carbocycles. The van der Waals surface area contributed by atoms with E-state index in [2.05, 4.69) is 11.9 Å². The molecule has 0 radical (unpaired) electrons. The average molecular weight is 262 g/mol. The van der Waals surface area contributed by atoms with Gasteiger partial charge in [0.05, 0.1) is 6.04 Å². The molecule has 102 valence electrons. The van der Waals surface area contributed by atoms with Crippen LogP contribution in [0.15, 0.2) is 36.9 Å². The number of aliphatic carboxylic acids is 1. The second-order valence-electron chi connectivity index (χ2n) is 4.17. The summed E-state index contributed by atoms with van der Waals surface area (Å²) >= 11 is 0. The molecule has 0 heterocycles. The maximum atomic E-state index is 11.8. The van der Waals surface area contributed by atoms with Crippen LogP contribution in [0.5, 0.6) is 0 Å². The van der Waals surface area contributed by atoms with Crippen LogP contribution >= 0.6 is 0 Å². The van der Waals surface area contributed by atoms with Crippen molar-refractivity contribution < 1.29 is 14.7 Å². The van der Waals surface area contributed by atoms with E-state index < -0.39 is 12.0 Å². The number of nitrogens with one attached hydrogen (secondary N) is 1. The molecule has 1 aromatic carbocycles. The van der Waals surface area contributed by atoms with E-state index in [0.29, 0.717) is 18.5 Å². The molecular weight excluding hydrogens is 244 g/mol. The van der Waals surface area contributed by atoms with Crippen molar-refractivity contribution in [2.45, 2.75) is 25.3 Å². The number of hydrogen-bond acceptors (Lipinski definition) is 3. The minimum Gasteiger partial charge on any atom is -0.481 e. The summed E-state index contributed by atoms with van der Waals surface area (Å²) in [4.78, 5) is 22.4. The van der Waals surface area contributed by atoms with Gasteiger partial charge >= 0.3 is 5.97 Å². The summed E-state index contributed by atoms with van der Waals surface area (Å²) in [5.41, 5.74) is 7.06. The Kier molecular flexibility index (Phi) is 5.75. The highest BCUT2D eigenvalue weighted by molar-refractivity contribution is 5.95. The predicted octanol–water partition coefficient (Wildman–Crippen LogP) is 1.55. The quantitative estimate of drug-likeness (QED) is 0.650. The summed E-state index contributed by atoms with van der Waals surface area (Å²) in [5.74, 6) is -1.17. The molecule has 5 nitrogen and oxygen atoms in total. The van der Waals surface area contributed by atoms with Gasteiger partial charge in [0.15, 0.2) is 0 Å². The van der Waals surface area contributed by atoms with Gasteiger partial charge in [0.25, 0.3) is 0 Å². The SMILES string of the molecule is C=CCC(N)C(=O)Nc1ccccc1CCC(=O)O. The molecule has 0 bridgehead atoms. The van der Waals surface area contributed by atoms with Crippen molar-refractivity contribution in [3.8, 4) is 0 Å². The number of nitrogens with two attached hydrogens (primary N) is 1. The zero-order valence-corrected chi connectivity index (χ0v) is 10.6. The highest BCUT2D eigenvalue weighted by Gasteiger charge is 2.13. The van der Waals surface area contributed by atoms with E-state index in [-0.39, 0.29) is 12.3 Å². The fourth-order valence-corrected chi connectivity index (χ4v) is 1.61. The lowest BCUT2D eigenvalue weighted by atomic mass is 10.1. The number of anilines is 1. The molecule has 0 saturated heterocycles. The fraction of sp³-hybridized carbons (Fsp3) is 0.286. The Labute approximate surface area is 112 Å². The van der Waals surface area contributed by atoms with Gasteiger partial charge in [-0.05, 0) is 24.5 Å². The molecular formula is C14H18N2O3. The van der Waals surface area contributed by atoms with Crippen molar-refractivity contribution in [3.63, 3.8) is 0 Å². The molecule has 1 rings (SSSR count). The third kappa shape index (κ3) is 4.93. The lowest BCUT2D eigenvalue weighted by Crippen LogP contribution is -2.35. The largest absolute Gasteiger partial charge is 0.481 e. The average Bonchev–Trinajstić information content (AvgIpc) is 2.37. The minimum absolute atomic E-state index is 0.0194. The van der Waals surface area contributed by atoms with Gasteiger partial charge in [-0.1, -0.05) is 24.3 Å². The molecule has 0 fully saturated rings. The fourth-order valence-electron chi connectivity index (χ4n) is 1.61. The minimum atomic E-state index is -0.871. The number of para-hydroxylation sites is 1. The number of hydrogen-bond donors (Lipinski definition) is 3. The first kappa shape index (κ1) is 14.9. The summed E-state index contributed by atoms with van der Waals surface area (Å²) in [6.45, 7) is 3.53. The summed E-state index contributed by atoms with van der Waals surface area (Å²) in [6, 6.07) is 6.45. The lowest BCUT2D eigenvalue weighted by Gasteiger charge is -2.13. The van der Waals surface area contributed by atoms with Crippen LogP contribution in [0.3, 0.4) is 0 Å². The van der Waals surface area contributed by atoms with Crippen LogP contribution in [0.1, 0.15) is 18.4 Å². The molecule has 0 saturated carbocycles. The highest BCUT2D eigenvalue weighted by Crippen LogP contribution is 2.17. The third-order valence-electron chi connectivity index (χ3n) is 2.64. The van der Waals surface area contributed by atoms with E-state index in [1.165, 1.54) is 0 Å². The first-order chi connectivity index (χ1) is 9.04. The number of rotatable bonds is 7. The van der Waals surface area contributed by atoms with Crippen LogP contribution in [0, 0.1) is 0 Å². The zero-order valence-electron chi connectivity index (χ0n) is 10.6. The van der Waals surface area contributed by atoms with Gasteiger partial charge in [-0.15, -0.1) is 6.58 Å². The normalized spacial score (nSPS) is 11.6. The van der Waals surface area contributed by atoms with Crippen LogP contribution in [-0.2, 0) is 16.0 Å². The van der Waals surface area contributed by atoms with Crippen molar-refractivity contribution in [2.75, 3.05) is 5.32 Å². The second-order valence-corrected chi connectivity index (χ2v) is 4.17. The molecule has 5 heteroatoms. The van der Waals surface area contributed by atoms with Crippen LogP contribution in [0.4, 0.5) is 5.69 Å². The smallest absolute Gasteiger partial charge is 0.303 e. The summed E-state index contributed by atoms with van der Waals surface area (Å²) in [6.07, 6.45) is 2.36. The Morgan fingerprint density at radius 3 is 2.74 bits per heavy atom. The Morgan fingerprint density at radius 2 is 2.11 bits per heavy atom. The van der Waals surface area contributed by atoms with E-state index in [1.807, 2.05) is 0 Å². The number of carbonyl (C=O) groups excluding carboxylic acids is 1. The van der Waals surface area contributed by atoms with Crippen molar-refractivity contribution in [3.05, 3.63) is 42.5 Å². The maximum Gasteiger partial charge on any atom is 0.303 e. The van der Waals surface area contributed by atoms with Crippen LogP contribution in [0.2, 0.25) is 0 Å². The van der Waals surface area contributed by atoms with Gasteiger partial charge in [-0.3, -0.25) is 9.59 Å². The van der Waals surface area contributed by atoms with Crippen molar-refractivity contribution >= 4 is 17.6 Å². The van der Waals surface area contributed by atoms with Gasteiger partial charge in [-0.25, -0.2) is 0 Å². The van der Waals surface area contributed by atoms with E-state index in [4.69, 9.17) is 10.8 Å². The van der Waals surface area contributed by atoms with Crippen LogP contribution in [-0.4, -0.2) is 23.0 Å². The Balaban J connectivity index is 2.74. The summed E-state index contributed by atoms with van der Waals surface area (Å²) in [5, 5.41) is 11.4. The van der Waals surface area contributed by atoms with Gasteiger partial charge in [-0.2, -0.15) is 0 Å². The van der Waals surface area contributed by atoms with E-state index >= 15 is 0 Å². The predicted molar refractivity (Wildman–Crippen MR) is 73.8 cm³/mol. The van der Waals surface area contributed by atoms with Gasteiger partial charge < -0.3 is 16.2 Å². The number of carbonyl (C=O) groups is 2. The molecule has 1 unspecified atom stereocenters. The van der Waals surface area contributed by atoms with Gasteiger partial charge in [0, 0.05) is 12.1 Å². The van der Waals surface area contributed by atoms with Gasteiger partial charge in [0.1, 0.15) is 0 Å². The topological polar surface area (TPSA) is 92.4 Å². The van der Waals surface area contributed by atoms with Crippen molar-refractivity contribution in [1.82, 2.24) is 0 Å².